The molecular weight excluding hydrogens is 403 g/mol. The van der Waals surface area contributed by atoms with Crippen molar-refractivity contribution in [3.8, 4) is 0 Å². The standard InChI is InChI=1S/C17H28N4O.HI/c1-5-6-12-18-17(19-13-16(22)20(2)3)21(4)14-15-10-8-7-9-11-15;/h7-11H,5-6,12-14H2,1-4H3,(H,18,19);1H. The molecule has 0 unspecified atom stereocenters. The van der Waals surface area contributed by atoms with Gasteiger partial charge in [-0.2, -0.15) is 0 Å². The third kappa shape index (κ3) is 8.78. The second-order valence-corrected chi connectivity index (χ2v) is 5.55. The number of hydrogen-bond acceptors (Lipinski definition) is 2. The maximum atomic E-state index is 11.7. The number of nitrogens with one attached hydrogen (secondary N) is 1. The van der Waals surface area contributed by atoms with Crippen molar-refractivity contribution in [3.63, 3.8) is 0 Å². The first-order valence-corrected chi connectivity index (χ1v) is 7.78. The summed E-state index contributed by atoms with van der Waals surface area (Å²) in [5.41, 5.74) is 1.22. The van der Waals surface area contributed by atoms with Crippen LogP contribution in [0.3, 0.4) is 0 Å². The van der Waals surface area contributed by atoms with Gasteiger partial charge < -0.3 is 15.1 Å². The van der Waals surface area contributed by atoms with E-state index in [9.17, 15) is 4.79 Å². The number of hydrogen-bond donors (Lipinski definition) is 1. The summed E-state index contributed by atoms with van der Waals surface area (Å²) in [5.74, 6) is 0.774. The molecule has 1 aromatic rings. The molecule has 1 aromatic carbocycles. The molecule has 23 heavy (non-hydrogen) atoms. The Morgan fingerprint density at radius 1 is 1.17 bits per heavy atom. The zero-order valence-corrected chi connectivity index (χ0v) is 16.9. The van der Waals surface area contributed by atoms with Gasteiger partial charge in [-0.25, -0.2) is 4.99 Å². The number of likely N-dealkylation sites (N-methyl/N-ethyl adjacent to an activating group) is 1. The number of unbranched alkanes of at least 4 members (excludes halogenated alkanes) is 1. The molecule has 0 aliphatic rings. The van der Waals surface area contributed by atoms with Crippen molar-refractivity contribution in [2.45, 2.75) is 26.3 Å². The van der Waals surface area contributed by atoms with Crippen LogP contribution in [-0.2, 0) is 11.3 Å². The fourth-order valence-corrected chi connectivity index (χ4v) is 1.90. The topological polar surface area (TPSA) is 47.9 Å². The molecule has 1 N–H and O–H groups in total. The second kappa shape index (κ2) is 12.2. The average Bonchev–Trinajstić information content (AvgIpc) is 2.51. The van der Waals surface area contributed by atoms with Gasteiger partial charge in [0.15, 0.2) is 5.96 Å². The normalized spacial score (nSPS) is 10.7. The smallest absolute Gasteiger partial charge is 0.243 e. The highest BCUT2D eigenvalue weighted by Gasteiger charge is 2.09. The zero-order valence-electron chi connectivity index (χ0n) is 14.6. The lowest BCUT2D eigenvalue weighted by Gasteiger charge is -2.23. The van der Waals surface area contributed by atoms with E-state index in [1.165, 1.54) is 5.56 Å². The number of nitrogens with zero attached hydrogens (tertiary/aromatic N) is 3. The Balaban J connectivity index is 0.00000484. The molecule has 0 saturated carbocycles. The summed E-state index contributed by atoms with van der Waals surface area (Å²) in [5, 5.41) is 3.34. The van der Waals surface area contributed by atoms with Crippen LogP contribution in [0, 0.1) is 0 Å². The van der Waals surface area contributed by atoms with E-state index in [4.69, 9.17) is 0 Å². The summed E-state index contributed by atoms with van der Waals surface area (Å²) >= 11 is 0. The first kappa shape index (κ1) is 21.7. The average molecular weight is 432 g/mol. The third-order valence-electron chi connectivity index (χ3n) is 3.30. The summed E-state index contributed by atoms with van der Waals surface area (Å²) in [4.78, 5) is 19.8. The third-order valence-corrected chi connectivity index (χ3v) is 3.30. The Morgan fingerprint density at radius 2 is 1.83 bits per heavy atom. The van der Waals surface area contributed by atoms with E-state index in [-0.39, 0.29) is 36.4 Å². The van der Waals surface area contributed by atoms with Crippen LogP contribution in [0.15, 0.2) is 35.3 Å². The molecule has 0 aliphatic carbocycles. The van der Waals surface area contributed by atoms with Gasteiger partial charge in [-0.15, -0.1) is 24.0 Å². The van der Waals surface area contributed by atoms with Gasteiger partial charge in [-0.05, 0) is 12.0 Å². The van der Waals surface area contributed by atoms with Gasteiger partial charge in [0.25, 0.3) is 0 Å². The summed E-state index contributed by atoms with van der Waals surface area (Å²) in [6, 6.07) is 10.2. The molecular formula is C17H29IN4O. The molecule has 0 saturated heterocycles. The first-order valence-electron chi connectivity index (χ1n) is 7.78. The minimum Gasteiger partial charge on any atom is -0.356 e. The van der Waals surface area contributed by atoms with Crippen molar-refractivity contribution >= 4 is 35.8 Å². The predicted molar refractivity (Wildman–Crippen MR) is 107 cm³/mol. The van der Waals surface area contributed by atoms with Gasteiger partial charge in [0.05, 0.1) is 0 Å². The number of guanidine groups is 1. The van der Waals surface area contributed by atoms with Crippen LogP contribution in [0.1, 0.15) is 25.3 Å². The van der Waals surface area contributed by atoms with E-state index in [1.807, 2.05) is 30.1 Å². The van der Waals surface area contributed by atoms with Crippen molar-refractivity contribution in [1.29, 1.82) is 0 Å². The number of halogens is 1. The summed E-state index contributed by atoms with van der Waals surface area (Å²) in [6.45, 7) is 3.95. The van der Waals surface area contributed by atoms with Crippen molar-refractivity contribution in [3.05, 3.63) is 35.9 Å². The number of carbonyl (C=O) groups excluding carboxylic acids is 1. The lowest BCUT2D eigenvalue weighted by atomic mass is 10.2. The highest BCUT2D eigenvalue weighted by molar-refractivity contribution is 14.0. The quantitative estimate of drug-likeness (QED) is 0.312. The highest BCUT2D eigenvalue weighted by atomic mass is 127. The SMILES string of the molecule is CCCCNC(=NCC(=O)N(C)C)N(C)Cc1ccccc1.I. The Hall–Kier alpha value is -1.31. The van der Waals surface area contributed by atoms with Crippen LogP contribution >= 0.6 is 24.0 Å². The van der Waals surface area contributed by atoms with Gasteiger partial charge in [-0.1, -0.05) is 43.7 Å². The lowest BCUT2D eigenvalue weighted by molar-refractivity contribution is -0.127. The van der Waals surface area contributed by atoms with E-state index in [1.54, 1.807) is 19.0 Å². The lowest BCUT2D eigenvalue weighted by Crippen LogP contribution is -2.40. The number of carbonyl (C=O) groups is 1. The van der Waals surface area contributed by atoms with E-state index >= 15 is 0 Å². The molecule has 0 fully saturated rings. The summed E-state index contributed by atoms with van der Waals surface area (Å²) in [6.07, 6.45) is 2.21. The maximum absolute atomic E-state index is 11.7. The van der Waals surface area contributed by atoms with Gasteiger partial charge >= 0.3 is 0 Å². The minimum atomic E-state index is 0. The molecule has 5 nitrogen and oxygen atoms in total. The van der Waals surface area contributed by atoms with E-state index in [2.05, 4.69) is 29.4 Å². The Morgan fingerprint density at radius 3 is 2.39 bits per heavy atom. The zero-order chi connectivity index (χ0) is 16.4. The van der Waals surface area contributed by atoms with E-state index in [0.717, 1.165) is 31.9 Å². The largest absolute Gasteiger partial charge is 0.356 e. The highest BCUT2D eigenvalue weighted by Crippen LogP contribution is 2.03. The fraction of sp³-hybridized carbons (Fsp3) is 0.529. The number of amides is 1. The van der Waals surface area contributed by atoms with Crippen LogP contribution in [-0.4, -0.2) is 55.9 Å². The van der Waals surface area contributed by atoms with Gasteiger partial charge in [-0.3, -0.25) is 4.79 Å². The van der Waals surface area contributed by atoms with Crippen LogP contribution in [0.25, 0.3) is 0 Å². The van der Waals surface area contributed by atoms with E-state index < -0.39 is 0 Å². The molecule has 0 aliphatic heterocycles. The minimum absolute atomic E-state index is 0. The second-order valence-electron chi connectivity index (χ2n) is 5.55. The summed E-state index contributed by atoms with van der Waals surface area (Å²) < 4.78 is 0. The van der Waals surface area contributed by atoms with Crippen LogP contribution in [0.4, 0.5) is 0 Å². The first-order chi connectivity index (χ1) is 10.5. The maximum Gasteiger partial charge on any atom is 0.243 e. The monoisotopic (exact) mass is 432 g/mol. The van der Waals surface area contributed by atoms with Crippen LogP contribution in [0.2, 0.25) is 0 Å². The number of rotatable bonds is 7. The van der Waals surface area contributed by atoms with Crippen molar-refractivity contribution < 1.29 is 4.79 Å². The van der Waals surface area contributed by atoms with Gasteiger partial charge in [0.1, 0.15) is 6.54 Å². The summed E-state index contributed by atoms with van der Waals surface area (Å²) in [7, 11) is 5.48. The van der Waals surface area contributed by atoms with Crippen LogP contribution in [0.5, 0.6) is 0 Å². The molecule has 1 rings (SSSR count). The number of benzene rings is 1. The van der Waals surface area contributed by atoms with Gasteiger partial charge in [0.2, 0.25) is 5.91 Å². The fourth-order valence-electron chi connectivity index (χ4n) is 1.90. The molecule has 0 heterocycles. The molecule has 0 radical (unpaired) electrons. The predicted octanol–water partition coefficient (Wildman–Crippen LogP) is 2.57. The molecule has 0 spiro atoms. The van der Waals surface area contributed by atoms with Crippen molar-refractivity contribution in [2.24, 2.45) is 4.99 Å². The molecule has 1 amide bonds. The van der Waals surface area contributed by atoms with Crippen molar-refractivity contribution in [2.75, 3.05) is 34.2 Å². The molecule has 130 valence electrons. The Labute approximate surface area is 157 Å². The molecule has 0 bridgehead atoms. The Kier molecular flexibility index (Phi) is 11.5. The molecule has 0 aromatic heterocycles. The number of aliphatic imine (C=N–C) groups is 1. The Bertz CT molecular complexity index is 477. The molecule has 0 atom stereocenters. The van der Waals surface area contributed by atoms with E-state index in [0.29, 0.717) is 0 Å². The van der Waals surface area contributed by atoms with Crippen LogP contribution < -0.4 is 5.32 Å². The molecule has 6 heteroatoms. The van der Waals surface area contributed by atoms with Crippen molar-refractivity contribution in [1.82, 2.24) is 15.1 Å². The van der Waals surface area contributed by atoms with Gasteiger partial charge in [0, 0.05) is 34.2 Å².